The van der Waals surface area contributed by atoms with Crippen LogP contribution in [-0.2, 0) is 4.79 Å². The van der Waals surface area contributed by atoms with Crippen LogP contribution in [0.2, 0.25) is 5.02 Å². The van der Waals surface area contributed by atoms with E-state index in [4.69, 9.17) is 11.6 Å². The summed E-state index contributed by atoms with van der Waals surface area (Å²) in [7, 11) is 3.43. The average Bonchev–Trinajstić information content (AvgIpc) is 2.95. The van der Waals surface area contributed by atoms with Crippen molar-refractivity contribution in [3.63, 3.8) is 0 Å². The zero-order chi connectivity index (χ0) is 16.4. The molecule has 1 N–H and O–H groups in total. The smallest absolute Gasteiger partial charge is 0.241 e. The maximum Gasteiger partial charge on any atom is 0.241 e. The Balaban J connectivity index is 1.85. The summed E-state index contributed by atoms with van der Waals surface area (Å²) < 4.78 is 1.69. The van der Waals surface area contributed by atoms with E-state index < -0.39 is 0 Å². The Hall–Kier alpha value is -2.60. The number of nitrogens with zero attached hydrogens (tertiary/aromatic N) is 4. The third kappa shape index (κ3) is 3.43. The van der Waals surface area contributed by atoms with Gasteiger partial charge in [-0.2, -0.15) is 5.10 Å². The Morgan fingerprint density at radius 3 is 2.87 bits per heavy atom. The molecule has 0 saturated heterocycles. The number of nitrogens with one attached hydrogen (secondary N) is 1. The van der Waals surface area contributed by atoms with Crippen molar-refractivity contribution in [1.29, 1.82) is 0 Å². The van der Waals surface area contributed by atoms with Crippen molar-refractivity contribution in [2.24, 2.45) is 0 Å². The monoisotopic (exact) mass is 329 g/mol. The normalized spacial score (nSPS) is 10.7. The fraction of sp³-hybridized carbons (Fsp3) is 0.188. The number of rotatable bonds is 4. The van der Waals surface area contributed by atoms with Gasteiger partial charge in [-0.05, 0) is 18.2 Å². The highest BCUT2D eigenvalue weighted by Crippen LogP contribution is 2.22. The minimum atomic E-state index is -0.0141. The number of amides is 1. The number of fused-ring (bicyclic) bond motifs is 1. The van der Waals surface area contributed by atoms with Crippen LogP contribution in [0.5, 0.6) is 0 Å². The Kier molecular flexibility index (Phi) is 4.16. The summed E-state index contributed by atoms with van der Waals surface area (Å²) in [5.41, 5.74) is 2.42. The predicted octanol–water partition coefficient (Wildman–Crippen LogP) is 2.55. The number of likely N-dealkylation sites (N-methyl/N-ethyl adjacent to an activating group) is 1. The van der Waals surface area contributed by atoms with Crippen LogP contribution in [0.3, 0.4) is 0 Å². The average molecular weight is 330 g/mol. The number of halogens is 1. The van der Waals surface area contributed by atoms with Gasteiger partial charge in [0.05, 0.1) is 12.2 Å². The first-order chi connectivity index (χ1) is 11.0. The topological polar surface area (TPSA) is 62.5 Å². The quantitative estimate of drug-likeness (QED) is 0.799. The van der Waals surface area contributed by atoms with Crippen LogP contribution in [0.15, 0.2) is 42.6 Å². The second-order valence-electron chi connectivity index (χ2n) is 5.30. The molecule has 1 aromatic carbocycles. The van der Waals surface area contributed by atoms with Crippen molar-refractivity contribution < 1.29 is 4.79 Å². The van der Waals surface area contributed by atoms with E-state index in [1.54, 1.807) is 30.9 Å². The summed E-state index contributed by atoms with van der Waals surface area (Å²) in [6.07, 6.45) is 1.80. The van der Waals surface area contributed by atoms with Crippen LogP contribution in [0.1, 0.15) is 0 Å². The maximum absolute atomic E-state index is 11.6. The number of hydrogen-bond donors (Lipinski definition) is 1. The first-order valence-corrected chi connectivity index (χ1v) is 7.47. The molecule has 118 valence electrons. The van der Waals surface area contributed by atoms with Gasteiger partial charge < -0.3 is 10.2 Å². The molecule has 0 bridgehead atoms. The third-order valence-electron chi connectivity index (χ3n) is 3.36. The second kappa shape index (κ2) is 6.26. The number of carbonyl (C=O) groups excluding carboxylic acids is 1. The molecule has 3 aromatic rings. The molecule has 0 unspecified atom stereocenters. The molecular formula is C16H16ClN5O. The Bertz CT molecular complexity index is 859. The molecule has 2 aromatic heterocycles. The van der Waals surface area contributed by atoms with Crippen LogP contribution in [0.25, 0.3) is 16.9 Å². The number of carbonyl (C=O) groups is 1. The molecule has 0 atom stereocenters. The minimum Gasteiger partial charge on any atom is -0.361 e. The summed E-state index contributed by atoms with van der Waals surface area (Å²) in [6.45, 7) is 0.200. The molecule has 0 spiro atoms. The first-order valence-electron chi connectivity index (χ1n) is 7.09. The van der Waals surface area contributed by atoms with Crippen molar-refractivity contribution in [2.75, 3.05) is 26.0 Å². The van der Waals surface area contributed by atoms with Gasteiger partial charge in [0.2, 0.25) is 5.91 Å². The summed E-state index contributed by atoms with van der Waals surface area (Å²) in [5.74, 6) is 0.616. The van der Waals surface area contributed by atoms with Gasteiger partial charge in [-0.3, -0.25) is 4.79 Å². The molecule has 0 aliphatic carbocycles. The maximum atomic E-state index is 11.6. The highest BCUT2D eigenvalue weighted by molar-refractivity contribution is 6.30. The van der Waals surface area contributed by atoms with Gasteiger partial charge in [0.1, 0.15) is 5.82 Å². The summed E-state index contributed by atoms with van der Waals surface area (Å²) in [5, 5.41) is 8.16. The zero-order valence-electron chi connectivity index (χ0n) is 12.8. The molecule has 0 fully saturated rings. The molecule has 0 aliphatic rings. The van der Waals surface area contributed by atoms with Gasteiger partial charge in [0.25, 0.3) is 0 Å². The molecule has 7 heteroatoms. The SMILES string of the molecule is CN(C)C(=O)CNc1ccn2nc(-c3cccc(Cl)c3)cc2n1. The number of anilines is 1. The van der Waals surface area contributed by atoms with Gasteiger partial charge in [0.15, 0.2) is 5.65 Å². The zero-order valence-corrected chi connectivity index (χ0v) is 13.6. The van der Waals surface area contributed by atoms with Crippen LogP contribution < -0.4 is 5.32 Å². The van der Waals surface area contributed by atoms with E-state index in [-0.39, 0.29) is 12.5 Å². The van der Waals surface area contributed by atoms with Gasteiger partial charge in [-0.1, -0.05) is 23.7 Å². The lowest BCUT2D eigenvalue weighted by molar-refractivity contribution is -0.126. The lowest BCUT2D eigenvalue weighted by atomic mass is 10.2. The third-order valence-corrected chi connectivity index (χ3v) is 3.60. The van der Waals surface area contributed by atoms with E-state index in [0.29, 0.717) is 16.5 Å². The van der Waals surface area contributed by atoms with Crippen molar-refractivity contribution >= 4 is 29.0 Å². The largest absolute Gasteiger partial charge is 0.361 e. The van der Waals surface area contributed by atoms with E-state index >= 15 is 0 Å². The minimum absolute atomic E-state index is 0.0141. The molecular weight excluding hydrogens is 314 g/mol. The molecule has 0 aliphatic heterocycles. The molecule has 0 radical (unpaired) electrons. The molecule has 3 rings (SSSR count). The molecule has 2 heterocycles. The summed E-state index contributed by atoms with van der Waals surface area (Å²) in [4.78, 5) is 17.6. The summed E-state index contributed by atoms with van der Waals surface area (Å²) >= 11 is 6.02. The number of hydrogen-bond acceptors (Lipinski definition) is 4. The van der Waals surface area contributed by atoms with Crippen molar-refractivity contribution in [1.82, 2.24) is 19.5 Å². The van der Waals surface area contributed by atoms with Crippen LogP contribution in [0.4, 0.5) is 5.82 Å². The standard InChI is InChI=1S/C16H16ClN5O/c1-21(2)16(23)10-18-14-6-7-22-15(19-14)9-13(20-22)11-4-3-5-12(17)8-11/h3-9H,10H2,1-2H3,(H,18,19). The predicted molar refractivity (Wildman–Crippen MR) is 90.6 cm³/mol. The van der Waals surface area contributed by atoms with Gasteiger partial charge in [0, 0.05) is 36.9 Å². The lowest BCUT2D eigenvalue weighted by Crippen LogP contribution is -2.28. The Labute approximate surface area is 138 Å². The second-order valence-corrected chi connectivity index (χ2v) is 5.73. The van der Waals surface area contributed by atoms with E-state index in [0.717, 1.165) is 11.3 Å². The molecule has 1 amide bonds. The van der Waals surface area contributed by atoms with E-state index in [1.165, 1.54) is 4.90 Å². The Morgan fingerprint density at radius 2 is 2.13 bits per heavy atom. The highest BCUT2D eigenvalue weighted by Gasteiger charge is 2.08. The van der Waals surface area contributed by atoms with Crippen molar-refractivity contribution in [3.05, 3.63) is 47.6 Å². The van der Waals surface area contributed by atoms with Crippen LogP contribution in [-0.4, -0.2) is 46.0 Å². The number of aromatic nitrogens is 3. The van der Waals surface area contributed by atoms with Crippen molar-refractivity contribution in [2.45, 2.75) is 0 Å². The molecule has 6 nitrogen and oxygen atoms in total. The summed E-state index contributed by atoms with van der Waals surface area (Å²) in [6, 6.07) is 11.2. The molecule has 23 heavy (non-hydrogen) atoms. The lowest BCUT2D eigenvalue weighted by Gasteiger charge is -2.11. The van der Waals surface area contributed by atoms with E-state index in [9.17, 15) is 4.79 Å². The highest BCUT2D eigenvalue weighted by atomic mass is 35.5. The van der Waals surface area contributed by atoms with Crippen molar-refractivity contribution in [3.8, 4) is 11.3 Å². The van der Waals surface area contributed by atoms with E-state index in [2.05, 4.69) is 15.4 Å². The van der Waals surface area contributed by atoms with Gasteiger partial charge in [-0.15, -0.1) is 0 Å². The Morgan fingerprint density at radius 1 is 1.30 bits per heavy atom. The van der Waals surface area contributed by atoms with Gasteiger partial charge in [-0.25, -0.2) is 9.50 Å². The van der Waals surface area contributed by atoms with Gasteiger partial charge >= 0.3 is 0 Å². The fourth-order valence-corrected chi connectivity index (χ4v) is 2.28. The van der Waals surface area contributed by atoms with Crippen LogP contribution >= 0.6 is 11.6 Å². The fourth-order valence-electron chi connectivity index (χ4n) is 2.09. The van der Waals surface area contributed by atoms with E-state index in [1.807, 2.05) is 30.3 Å². The van der Waals surface area contributed by atoms with Crippen LogP contribution in [0, 0.1) is 0 Å². The molecule has 0 saturated carbocycles. The number of benzene rings is 1. The first kappa shape index (κ1) is 15.3.